The molecule has 0 saturated carbocycles. The Morgan fingerprint density at radius 2 is 2.05 bits per heavy atom. The first-order valence-electron chi connectivity index (χ1n) is 6.66. The van der Waals surface area contributed by atoms with Crippen molar-refractivity contribution < 1.29 is 4.79 Å². The van der Waals surface area contributed by atoms with Crippen molar-refractivity contribution in [2.45, 2.75) is 26.3 Å². The first kappa shape index (κ1) is 13.3. The fourth-order valence-corrected chi connectivity index (χ4v) is 2.35. The molecule has 0 spiro atoms. The van der Waals surface area contributed by atoms with E-state index < -0.39 is 0 Å². The van der Waals surface area contributed by atoms with Gasteiger partial charge < -0.3 is 5.32 Å². The van der Waals surface area contributed by atoms with E-state index in [1.165, 1.54) is 28.0 Å². The van der Waals surface area contributed by atoms with Crippen LogP contribution in [0.2, 0.25) is 0 Å². The van der Waals surface area contributed by atoms with E-state index in [4.69, 9.17) is 0 Å². The van der Waals surface area contributed by atoms with Gasteiger partial charge in [-0.05, 0) is 34.4 Å². The number of benzene rings is 2. The van der Waals surface area contributed by atoms with Crippen molar-refractivity contribution in [3.05, 3.63) is 60.2 Å². The molecular weight excluding hydrogens is 234 g/mol. The van der Waals surface area contributed by atoms with Gasteiger partial charge in [0.1, 0.15) is 0 Å². The van der Waals surface area contributed by atoms with Gasteiger partial charge in [-0.15, -0.1) is 0 Å². The number of carbonyl (C=O) groups excluding carboxylic acids is 1. The molecule has 0 radical (unpaired) electrons. The zero-order chi connectivity index (χ0) is 13.7. The Morgan fingerprint density at radius 1 is 1.26 bits per heavy atom. The van der Waals surface area contributed by atoms with Crippen LogP contribution in [0.1, 0.15) is 24.5 Å². The van der Waals surface area contributed by atoms with Crippen LogP contribution in [-0.2, 0) is 17.8 Å². The maximum atomic E-state index is 11.3. The van der Waals surface area contributed by atoms with E-state index in [2.05, 4.69) is 55.2 Å². The summed E-state index contributed by atoms with van der Waals surface area (Å²) in [6, 6.07) is 12.6. The Labute approximate surface area is 114 Å². The standard InChI is InChI=1S/C17H19NO/c1-3-7-15-14(12-18-17(19)4-2)11-10-13-8-5-6-9-16(13)15/h4-6,8-11H,2-3,7,12H2,1H3,(H,18,19). The van der Waals surface area contributed by atoms with Crippen LogP contribution >= 0.6 is 0 Å². The molecule has 0 bridgehead atoms. The quantitative estimate of drug-likeness (QED) is 0.811. The molecule has 2 rings (SSSR count). The van der Waals surface area contributed by atoms with E-state index in [0.717, 1.165) is 12.8 Å². The molecule has 2 heteroatoms. The van der Waals surface area contributed by atoms with Gasteiger partial charge in [-0.2, -0.15) is 0 Å². The first-order valence-corrected chi connectivity index (χ1v) is 6.66. The molecule has 98 valence electrons. The van der Waals surface area contributed by atoms with Crippen molar-refractivity contribution >= 4 is 16.7 Å². The third kappa shape index (κ3) is 3.02. The van der Waals surface area contributed by atoms with Gasteiger partial charge in [0.25, 0.3) is 0 Å². The number of amides is 1. The van der Waals surface area contributed by atoms with Crippen LogP contribution in [0, 0.1) is 0 Å². The highest BCUT2D eigenvalue weighted by Crippen LogP contribution is 2.24. The summed E-state index contributed by atoms with van der Waals surface area (Å²) in [5, 5.41) is 5.40. The molecule has 0 aromatic heterocycles. The normalized spacial score (nSPS) is 10.4. The Balaban J connectivity index is 2.39. The molecule has 1 N–H and O–H groups in total. The van der Waals surface area contributed by atoms with Crippen molar-refractivity contribution in [1.82, 2.24) is 5.32 Å². The Hall–Kier alpha value is -2.09. The number of carbonyl (C=O) groups is 1. The Morgan fingerprint density at radius 3 is 2.79 bits per heavy atom. The zero-order valence-corrected chi connectivity index (χ0v) is 11.3. The first-order chi connectivity index (χ1) is 9.26. The molecule has 0 unspecified atom stereocenters. The van der Waals surface area contributed by atoms with Crippen molar-refractivity contribution in [3.63, 3.8) is 0 Å². The van der Waals surface area contributed by atoms with Crippen LogP contribution in [0.15, 0.2) is 49.1 Å². The lowest BCUT2D eigenvalue weighted by Gasteiger charge is -2.13. The molecule has 0 aliphatic rings. The third-order valence-electron chi connectivity index (χ3n) is 3.28. The molecule has 19 heavy (non-hydrogen) atoms. The number of hydrogen-bond donors (Lipinski definition) is 1. The van der Waals surface area contributed by atoms with Gasteiger partial charge in [-0.3, -0.25) is 4.79 Å². The monoisotopic (exact) mass is 253 g/mol. The Kier molecular flexibility index (Phi) is 4.35. The van der Waals surface area contributed by atoms with Gasteiger partial charge >= 0.3 is 0 Å². The SMILES string of the molecule is C=CC(=O)NCc1ccc2ccccc2c1CCC. The van der Waals surface area contributed by atoms with Gasteiger partial charge in [0.2, 0.25) is 5.91 Å². The molecule has 1 amide bonds. The van der Waals surface area contributed by atoms with Gasteiger partial charge in [0.05, 0.1) is 0 Å². The summed E-state index contributed by atoms with van der Waals surface area (Å²) in [6.07, 6.45) is 3.43. The predicted octanol–water partition coefficient (Wildman–Crippen LogP) is 3.59. The van der Waals surface area contributed by atoms with Crippen molar-refractivity contribution in [3.8, 4) is 0 Å². The Bertz CT molecular complexity index is 601. The minimum absolute atomic E-state index is 0.129. The highest BCUT2D eigenvalue weighted by Gasteiger charge is 2.07. The lowest BCUT2D eigenvalue weighted by molar-refractivity contribution is -0.116. The number of hydrogen-bond acceptors (Lipinski definition) is 1. The minimum atomic E-state index is -0.129. The smallest absolute Gasteiger partial charge is 0.243 e. The van der Waals surface area contributed by atoms with E-state index in [-0.39, 0.29) is 5.91 Å². The summed E-state index contributed by atoms with van der Waals surface area (Å²) in [6.45, 7) is 6.20. The van der Waals surface area contributed by atoms with E-state index in [1.807, 2.05) is 0 Å². The summed E-state index contributed by atoms with van der Waals surface area (Å²) in [5.41, 5.74) is 2.53. The summed E-state index contributed by atoms with van der Waals surface area (Å²) >= 11 is 0. The number of aryl methyl sites for hydroxylation is 1. The lowest BCUT2D eigenvalue weighted by Crippen LogP contribution is -2.20. The molecule has 0 atom stereocenters. The molecule has 0 heterocycles. The second-order valence-electron chi connectivity index (χ2n) is 4.60. The van der Waals surface area contributed by atoms with Crippen LogP contribution in [0.25, 0.3) is 10.8 Å². The van der Waals surface area contributed by atoms with Crippen LogP contribution in [0.4, 0.5) is 0 Å². The second-order valence-corrected chi connectivity index (χ2v) is 4.60. The van der Waals surface area contributed by atoms with Gasteiger partial charge in [0.15, 0.2) is 0 Å². The van der Waals surface area contributed by atoms with Crippen LogP contribution < -0.4 is 5.32 Å². The molecular formula is C17H19NO. The van der Waals surface area contributed by atoms with E-state index in [1.54, 1.807) is 0 Å². The second kappa shape index (κ2) is 6.19. The van der Waals surface area contributed by atoms with Crippen molar-refractivity contribution in [2.75, 3.05) is 0 Å². The summed E-state index contributed by atoms with van der Waals surface area (Å²) in [7, 11) is 0. The lowest BCUT2D eigenvalue weighted by atomic mass is 9.95. The third-order valence-corrected chi connectivity index (χ3v) is 3.28. The van der Waals surface area contributed by atoms with Gasteiger partial charge in [0, 0.05) is 6.54 Å². The maximum Gasteiger partial charge on any atom is 0.243 e. The molecule has 0 aliphatic heterocycles. The average molecular weight is 253 g/mol. The highest BCUT2D eigenvalue weighted by atomic mass is 16.1. The van der Waals surface area contributed by atoms with Gasteiger partial charge in [-0.25, -0.2) is 0 Å². The van der Waals surface area contributed by atoms with E-state index >= 15 is 0 Å². The molecule has 0 aliphatic carbocycles. The average Bonchev–Trinajstić information content (AvgIpc) is 2.46. The minimum Gasteiger partial charge on any atom is -0.348 e. The molecule has 0 fully saturated rings. The fraction of sp³-hybridized carbons (Fsp3) is 0.235. The summed E-state index contributed by atoms with van der Waals surface area (Å²) < 4.78 is 0. The maximum absolute atomic E-state index is 11.3. The number of nitrogens with one attached hydrogen (secondary N) is 1. The van der Waals surface area contributed by atoms with Crippen LogP contribution in [0.5, 0.6) is 0 Å². The van der Waals surface area contributed by atoms with Crippen LogP contribution in [0.3, 0.4) is 0 Å². The molecule has 2 nitrogen and oxygen atoms in total. The van der Waals surface area contributed by atoms with Gasteiger partial charge in [-0.1, -0.05) is 56.3 Å². The molecule has 0 saturated heterocycles. The van der Waals surface area contributed by atoms with Crippen molar-refractivity contribution in [2.24, 2.45) is 0 Å². The number of fused-ring (bicyclic) bond motifs is 1. The van der Waals surface area contributed by atoms with Crippen LogP contribution in [-0.4, -0.2) is 5.91 Å². The largest absolute Gasteiger partial charge is 0.348 e. The van der Waals surface area contributed by atoms with E-state index in [9.17, 15) is 4.79 Å². The molecule has 2 aromatic carbocycles. The number of rotatable bonds is 5. The molecule has 2 aromatic rings. The summed E-state index contributed by atoms with van der Waals surface area (Å²) in [5.74, 6) is -0.129. The fourth-order valence-electron chi connectivity index (χ4n) is 2.35. The zero-order valence-electron chi connectivity index (χ0n) is 11.3. The topological polar surface area (TPSA) is 29.1 Å². The highest BCUT2D eigenvalue weighted by molar-refractivity contribution is 5.88. The van der Waals surface area contributed by atoms with Crippen molar-refractivity contribution in [1.29, 1.82) is 0 Å². The predicted molar refractivity (Wildman–Crippen MR) is 80.0 cm³/mol. The van der Waals surface area contributed by atoms with E-state index in [0.29, 0.717) is 6.54 Å². The summed E-state index contributed by atoms with van der Waals surface area (Å²) in [4.78, 5) is 11.3.